The van der Waals surface area contributed by atoms with Gasteiger partial charge < -0.3 is 14.5 Å². The summed E-state index contributed by atoms with van der Waals surface area (Å²) in [6.07, 6.45) is 0.528. The first kappa shape index (κ1) is 17.8. The van der Waals surface area contributed by atoms with Crippen molar-refractivity contribution in [2.75, 3.05) is 0 Å². The van der Waals surface area contributed by atoms with Crippen LogP contribution in [0.5, 0.6) is 0 Å². The molecule has 0 bridgehead atoms. The summed E-state index contributed by atoms with van der Waals surface area (Å²) in [4.78, 5) is 28.3. The molecular weight excluding hydrogens is 359 g/mol. The normalized spacial score (nSPS) is 11.8. The van der Waals surface area contributed by atoms with E-state index in [-0.39, 0.29) is 18.1 Å². The number of carbonyl (C=O) groups is 2. The highest BCUT2D eigenvalue weighted by atomic mass is 32.1. The zero-order chi connectivity index (χ0) is 18.5. The molecule has 0 aliphatic heterocycles. The molecule has 6 nitrogen and oxygen atoms in total. The first-order chi connectivity index (χ1) is 12.5. The summed E-state index contributed by atoms with van der Waals surface area (Å²) in [7, 11) is 0. The van der Waals surface area contributed by atoms with Gasteiger partial charge in [-0.2, -0.15) is 0 Å². The number of esters is 1. The maximum Gasteiger partial charge on any atom is 0.358 e. The van der Waals surface area contributed by atoms with E-state index >= 15 is 0 Å². The minimum Gasteiger partial charge on any atom is -0.467 e. The molecule has 1 atom stereocenters. The third-order valence-corrected chi connectivity index (χ3v) is 4.37. The summed E-state index contributed by atoms with van der Waals surface area (Å²) in [5.41, 5.74) is 0.791. The summed E-state index contributed by atoms with van der Waals surface area (Å²) in [6.45, 7) is 1.68. The minimum atomic E-state index is -0.978. The summed E-state index contributed by atoms with van der Waals surface area (Å²) in [6, 6.07) is 9.23. The van der Waals surface area contributed by atoms with Crippen molar-refractivity contribution in [3.8, 4) is 10.6 Å². The van der Waals surface area contributed by atoms with Gasteiger partial charge in [0.05, 0.1) is 12.8 Å². The van der Waals surface area contributed by atoms with Gasteiger partial charge in [0.1, 0.15) is 16.6 Å². The van der Waals surface area contributed by atoms with E-state index in [4.69, 9.17) is 9.15 Å². The first-order valence-corrected chi connectivity index (χ1v) is 8.63. The molecule has 0 fully saturated rings. The molecule has 2 aromatic heterocycles. The van der Waals surface area contributed by atoms with Crippen molar-refractivity contribution in [2.45, 2.75) is 19.6 Å². The SMILES string of the molecule is C[C@@H](OC(=O)c1csc(-c2ccc(F)cc2)n1)C(=O)NCc1ccco1. The molecule has 1 aromatic carbocycles. The monoisotopic (exact) mass is 374 g/mol. The fourth-order valence-electron chi connectivity index (χ4n) is 2.10. The van der Waals surface area contributed by atoms with Crippen molar-refractivity contribution in [2.24, 2.45) is 0 Å². The Hall–Kier alpha value is -3.00. The molecule has 134 valence electrons. The Balaban J connectivity index is 1.57. The van der Waals surface area contributed by atoms with Gasteiger partial charge in [-0.3, -0.25) is 4.79 Å². The van der Waals surface area contributed by atoms with Gasteiger partial charge in [0.15, 0.2) is 11.8 Å². The van der Waals surface area contributed by atoms with Crippen molar-refractivity contribution < 1.29 is 23.1 Å². The summed E-state index contributed by atoms with van der Waals surface area (Å²) >= 11 is 1.23. The van der Waals surface area contributed by atoms with E-state index in [1.165, 1.54) is 42.0 Å². The molecular formula is C18H15FN2O4S. The largest absolute Gasteiger partial charge is 0.467 e. The van der Waals surface area contributed by atoms with Gasteiger partial charge in [-0.05, 0) is 43.3 Å². The van der Waals surface area contributed by atoms with Crippen LogP contribution in [0.4, 0.5) is 4.39 Å². The highest BCUT2D eigenvalue weighted by Crippen LogP contribution is 2.24. The van der Waals surface area contributed by atoms with E-state index in [1.807, 2.05) is 0 Å². The Bertz CT molecular complexity index is 890. The second-order valence-electron chi connectivity index (χ2n) is 5.39. The third kappa shape index (κ3) is 4.34. The van der Waals surface area contributed by atoms with Crippen molar-refractivity contribution in [1.82, 2.24) is 10.3 Å². The average molecular weight is 374 g/mol. The number of nitrogens with one attached hydrogen (secondary N) is 1. The highest BCUT2D eigenvalue weighted by molar-refractivity contribution is 7.13. The van der Waals surface area contributed by atoms with Crippen molar-refractivity contribution >= 4 is 23.2 Å². The van der Waals surface area contributed by atoms with Gasteiger partial charge in [-0.1, -0.05) is 0 Å². The lowest BCUT2D eigenvalue weighted by atomic mass is 10.2. The van der Waals surface area contributed by atoms with Gasteiger partial charge in [-0.15, -0.1) is 11.3 Å². The number of carbonyl (C=O) groups excluding carboxylic acids is 2. The predicted octanol–water partition coefficient (Wildman–Crippen LogP) is 3.40. The van der Waals surface area contributed by atoms with Gasteiger partial charge in [0.2, 0.25) is 0 Å². The van der Waals surface area contributed by atoms with E-state index in [1.54, 1.807) is 24.3 Å². The maximum absolute atomic E-state index is 13.0. The van der Waals surface area contributed by atoms with Gasteiger partial charge in [0.25, 0.3) is 5.91 Å². The Labute approximate surface area is 152 Å². The second-order valence-corrected chi connectivity index (χ2v) is 6.25. The molecule has 0 aliphatic carbocycles. The van der Waals surface area contributed by atoms with Crippen LogP contribution < -0.4 is 5.32 Å². The van der Waals surface area contributed by atoms with Crippen molar-refractivity contribution in [1.29, 1.82) is 0 Å². The second kappa shape index (κ2) is 7.92. The molecule has 2 heterocycles. The van der Waals surface area contributed by atoms with Crippen LogP contribution in [-0.2, 0) is 16.1 Å². The molecule has 1 N–H and O–H groups in total. The van der Waals surface area contributed by atoms with E-state index in [0.717, 1.165) is 0 Å². The number of benzene rings is 1. The quantitative estimate of drug-likeness (QED) is 0.669. The predicted molar refractivity (Wildman–Crippen MR) is 92.9 cm³/mol. The lowest BCUT2D eigenvalue weighted by Crippen LogP contribution is -2.35. The van der Waals surface area contributed by atoms with Gasteiger partial charge in [-0.25, -0.2) is 14.2 Å². The molecule has 0 saturated carbocycles. The zero-order valence-corrected chi connectivity index (χ0v) is 14.6. The summed E-state index contributed by atoms with van der Waals surface area (Å²) in [5.74, 6) is -0.890. The lowest BCUT2D eigenvalue weighted by molar-refractivity contribution is -0.129. The van der Waals surface area contributed by atoms with Crippen molar-refractivity contribution in [3.05, 3.63) is 65.3 Å². The van der Waals surface area contributed by atoms with Crippen LogP contribution in [0.3, 0.4) is 0 Å². The molecule has 0 aliphatic rings. The molecule has 26 heavy (non-hydrogen) atoms. The molecule has 0 unspecified atom stereocenters. The molecule has 1 amide bonds. The molecule has 0 radical (unpaired) electrons. The number of halogens is 1. The number of aromatic nitrogens is 1. The molecule has 8 heteroatoms. The number of furan rings is 1. The summed E-state index contributed by atoms with van der Waals surface area (Å²) in [5, 5.41) is 4.71. The Morgan fingerprint density at radius 1 is 1.31 bits per heavy atom. The van der Waals surface area contributed by atoms with Crippen LogP contribution in [0, 0.1) is 5.82 Å². The van der Waals surface area contributed by atoms with Crippen LogP contribution in [0.2, 0.25) is 0 Å². The highest BCUT2D eigenvalue weighted by Gasteiger charge is 2.21. The molecule has 0 saturated heterocycles. The van der Waals surface area contributed by atoms with Crippen LogP contribution in [0.1, 0.15) is 23.2 Å². The molecule has 3 aromatic rings. The minimum absolute atomic E-state index is 0.0972. The number of hydrogen-bond acceptors (Lipinski definition) is 6. The number of rotatable bonds is 6. The average Bonchev–Trinajstić information content (AvgIpc) is 3.32. The zero-order valence-electron chi connectivity index (χ0n) is 13.8. The number of nitrogens with zero attached hydrogens (tertiary/aromatic N) is 1. The van der Waals surface area contributed by atoms with Crippen LogP contribution >= 0.6 is 11.3 Å². The number of amides is 1. The maximum atomic E-state index is 13.0. The van der Waals surface area contributed by atoms with E-state index in [0.29, 0.717) is 16.3 Å². The fraction of sp³-hybridized carbons (Fsp3) is 0.167. The Morgan fingerprint density at radius 3 is 2.77 bits per heavy atom. The van der Waals surface area contributed by atoms with Crippen molar-refractivity contribution in [3.63, 3.8) is 0 Å². The number of hydrogen-bond donors (Lipinski definition) is 1. The third-order valence-electron chi connectivity index (χ3n) is 3.47. The topological polar surface area (TPSA) is 81.4 Å². The smallest absolute Gasteiger partial charge is 0.358 e. The standard InChI is InChI=1S/C18H15FN2O4S/c1-11(16(22)20-9-14-3-2-8-24-14)25-18(23)15-10-26-17(21-15)12-4-6-13(19)7-5-12/h2-8,10-11H,9H2,1H3,(H,20,22)/t11-/m1/s1. The van der Waals surface area contributed by atoms with Crippen LogP contribution in [-0.4, -0.2) is 23.0 Å². The summed E-state index contributed by atoms with van der Waals surface area (Å²) < 4.78 is 23.2. The van der Waals surface area contributed by atoms with E-state index < -0.39 is 18.0 Å². The number of ether oxygens (including phenoxy) is 1. The fourth-order valence-corrected chi connectivity index (χ4v) is 2.89. The van der Waals surface area contributed by atoms with Crippen LogP contribution in [0.15, 0.2) is 52.5 Å². The van der Waals surface area contributed by atoms with E-state index in [2.05, 4.69) is 10.3 Å². The van der Waals surface area contributed by atoms with Gasteiger partial charge in [0, 0.05) is 10.9 Å². The lowest BCUT2D eigenvalue weighted by Gasteiger charge is -2.12. The number of thiazole rings is 1. The first-order valence-electron chi connectivity index (χ1n) is 7.75. The van der Waals surface area contributed by atoms with Gasteiger partial charge >= 0.3 is 5.97 Å². The van der Waals surface area contributed by atoms with Crippen LogP contribution in [0.25, 0.3) is 10.6 Å². The molecule has 0 spiro atoms. The van der Waals surface area contributed by atoms with E-state index in [9.17, 15) is 14.0 Å². The Morgan fingerprint density at radius 2 is 2.08 bits per heavy atom. The molecule has 3 rings (SSSR count). The Kier molecular flexibility index (Phi) is 5.43.